The van der Waals surface area contributed by atoms with Gasteiger partial charge < -0.3 is 14.2 Å². The number of ether oxygens (including phenoxy) is 3. The van der Waals surface area contributed by atoms with Crippen LogP contribution in [0, 0.1) is 5.92 Å². The molecule has 0 amide bonds. The summed E-state index contributed by atoms with van der Waals surface area (Å²) in [4.78, 5) is 13.7. The molecule has 2 atom stereocenters. The molecule has 0 fully saturated rings. The first kappa shape index (κ1) is 16.4. The highest BCUT2D eigenvalue weighted by Crippen LogP contribution is 2.12. The molecule has 0 saturated carbocycles. The van der Waals surface area contributed by atoms with E-state index in [4.69, 9.17) is 14.2 Å². The van der Waals surface area contributed by atoms with Gasteiger partial charge in [0.2, 0.25) is 0 Å². The van der Waals surface area contributed by atoms with E-state index in [0.717, 1.165) is 13.1 Å². The summed E-state index contributed by atoms with van der Waals surface area (Å²) in [5.41, 5.74) is 0. The van der Waals surface area contributed by atoms with Gasteiger partial charge in [-0.3, -0.25) is 9.69 Å². The largest absolute Gasteiger partial charge is 0.469 e. The van der Waals surface area contributed by atoms with Crippen molar-refractivity contribution >= 4 is 5.97 Å². The minimum absolute atomic E-state index is 0.104. The zero-order valence-electron chi connectivity index (χ0n) is 11.6. The predicted octanol–water partition coefficient (Wildman–Crippen LogP) is 0.779. The van der Waals surface area contributed by atoms with Gasteiger partial charge in [0.15, 0.2) is 0 Å². The van der Waals surface area contributed by atoms with Crippen molar-refractivity contribution in [1.29, 1.82) is 0 Å². The topological polar surface area (TPSA) is 48.0 Å². The van der Waals surface area contributed by atoms with Crippen molar-refractivity contribution in [3.05, 3.63) is 0 Å². The summed E-state index contributed by atoms with van der Waals surface area (Å²) in [6.45, 7) is 6.74. The molecule has 0 heterocycles. The van der Waals surface area contributed by atoms with Crippen LogP contribution in [0.2, 0.25) is 0 Å². The van der Waals surface area contributed by atoms with Crippen molar-refractivity contribution in [2.75, 3.05) is 47.6 Å². The second kappa shape index (κ2) is 9.39. The molecule has 5 nitrogen and oxygen atoms in total. The van der Waals surface area contributed by atoms with Crippen LogP contribution >= 0.6 is 0 Å². The zero-order chi connectivity index (χ0) is 13.3. The normalized spacial score (nSPS) is 14.7. The highest BCUT2D eigenvalue weighted by Gasteiger charge is 2.25. The zero-order valence-corrected chi connectivity index (χ0v) is 11.6. The maximum absolute atomic E-state index is 11.5. The third kappa shape index (κ3) is 6.00. The Morgan fingerprint density at radius 3 is 1.88 bits per heavy atom. The molecule has 0 saturated heterocycles. The van der Waals surface area contributed by atoms with E-state index in [9.17, 15) is 4.79 Å². The van der Waals surface area contributed by atoms with Gasteiger partial charge in [0, 0.05) is 33.4 Å². The molecule has 5 heteroatoms. The van der Waals surface area contributed by atoms with Gasteiger partial charge in [-0.1, -0.05) is 6.92 Å². The lowest BCUT2D eigenvalue weighted by molar-refractivity contribution is -0.147. The summed E-state index contributed by atoms with van der Waals surface area (Å²) in [5, 5.41) is 0. The number of rotatable bonds is 9. The fourth-order valence-corrected chi connectivity index (χ4v) is 1.64. The summed E-state index contributed by atoms with van der Waals surface area (Å²) < 4.78 is 14.9. The third-order valence-electron chi connectivity index (χ3n) is 3.04. The molecule has 0 aromatic carbocycles. The Labute approximate surface area is 104 Å². The van der Waals surface area contributed by atoms with E-state index in [1.165, 1.54) is 7.11 Å². The molecule has 0 aromatic heterocycles. The third-order valence-corrected chi connectivity index (χ3v) is 3.04. The van der Waals surface area contributed by atoms with Crippen molar-refractivity contribution in [3.63, 3.8) is 0 Å². The van der Waals surface area contributed by atoms with Gasteiger partial charge in [0.05, 0.1) is 26.2 Å². The molecule has 0 spiro atoms. The minimum Gasteiger partial charge on any atom is -0.469 e. The molecule has 0 bridgehead atoms. The first-order valence-electron chi connectivity index (χ1n) is 5.88. The minimum atomic E-state index is -0.183. The van der Waals surface area contributed by atoms with Crippen LogP contribution in [0.1, 0.15) is 13.8 Å². The number of carbonyl (C=O) groups excluding carboxylic acids is 1. The summed E-state index contributed by atoms with van der Waals surface area (Å²) in [5.74, 6) is -0.342. The van der Waals surface area contributed by atoms with Crippen LogP contribution in [-0.2, 0) is 19.0 Å². The SMILES string of the molecule is COCCN(CCOC)C(C)C(C)C(=O)OC. The second-order valence-corrected chi connectivity index (χ2v) is 4.07. The lowest BCUT2D eigenvalue weighted by atomic mass is 10.0. The number of methoxy groups -OCH3 is 3. The number of carbonyl (C=O) groups is 1. The lowest BCUT2D eigenvalue weighted by Gasteiger charge is -2.31. The van der Waals surface area contributed by atoms with Gasteiger partial charge in [-0.2, -0.15) is 0 Å². The van der Waals surface area contributed by atoms with E-state index in [2.05, 4.69) is 4.90 Å². The smallest absolute Gasteiger partial charge is 0.309 e. The molecule has 0 aliphatic carbocycles. The highest BCUT2D eigenvalue weighted by atomic mass is 16.5. The Bertz CT molecular complexity index is 203. The molecule has 2 unspecified atom stereocenters. The summed E-state index contributed by atoms with van der Waals surface area (Å²) in [6, 6.07) is 0.104. The van der Waals surface area contributed by atoms with Crippen molar-refractivity contribution in [3.8, 4) is 0 Å². The molecule has 0 N–H and O–H groups in total. The lowest BCUT2D eigenvalue weighted by Crippen LogP contribution is -2.44. The molecule has 0 rings (SSSR count). The van der Waals surface area contributed by atoms with Gasteiger partial charge in [-0.15, -0.1) is 0 Å². The highest BCUT2D eigenvalue weighted by molar-refractivity contribution is 5.72. The molecule has 17 heavy (non-hydrogen) atoms. The van der Waals surface area contributed by atoms with Crippen LogP contribution in [0.4, 0.5) is 0 Å². The molecular weight excluding hydrogens is 222 g/mol. The summed E-state index contributed by atoms with van der Waals surface area (Å²) in [7, 11) is 4.76. The van der Waals surface area contributed by atoms with Crippen molar-refractivity contribution in [2.45, 2.75) is 19.9 Å². The number of esters is 1. The second-order valence-electron chi connectivity index (χ2n) is 4.07. The number of hydrogen-bond acceptors (Lipinski definition) is 5. The first-order chi connectivity index (χ1) is 8.08. The van der Waals surface area contributed by atoms with Crippen molar-refractivity contribution < 1.29 is 19.0 Å². The Morgan fingerprint density at radius 1 is 1.06 bits per heavy atom. The van der Waals surface area contributed by atoms with Crippen LogP contribution in [0.5, 0.6) is 0 Å². The van der Waals surface area contributed by atoms with Crippen LogP contribution in [0.15, 0.2) is 0 Å². The summed E-state index contributed by atoms with van der Waals surface area (Å²) >= 11 is 0. The summed E-state index contributed by atoms with van der Waals surface area (Å²) in [6.07, 6.45) is 0. The number of nitrogens with zero attached hydrogens (tertiary/aromatic N) is 1. The van der Waals surface area contributed by atoms with Crippen molar-refractivity contribution in [1.82, 2.24) is 4.90 Å². The fraction of sp³-hybridized carbons (Fsp3) is 0.917. The standard InChI is InChI=1S/C12H25NO4/c1-10(12(14)17-5)11(2)13(6-8-15-3)7-9-16-4/h10-11H,6-9H2,1-5H3. The molecule has 0 aliphatic heterocycles. The Balaban J connectivity index is 4.37. The van der Waals surface area contributed by atoms with E-state index in [1.807, 2.05) is 13.8 Å². The predicted molar refractivity (Wildman–Crippen MR) is 66.0 cm³/mol. The monoisotopic (exact) mass is 247 g/mol. The molecule has 0 aromatic rings. The van der Waals surface area contributed by atoms with E-state index in [1.54, 1.807) is 14.2 Å². The van der Waals surface area contributed by atoms with Gasteiger partial charge >= 0.3 is 5.97 Å². The maximum atomic E-state index is 11.5. The molecule has 102 valence electrons. The average Bonchev–Trinajstić information content (AvgIpc) is 2.36. The molecule has 0 aliphatic rings. The van der Waals surface area contributed by atoms with Crippen molar-refractivity contribution in [2.24, 2.45) is 5.92 Å². The Hall–Kier alpha value is -0.650. The first-order valence-corrected chi connectivity index (χ1v) is 5.88. The maximum Gasteiger partial charge on any atom is 0.309 e. The Kier molecular flexibility index (Phi) is 9.03. The Morgan fingerprint density at radius 2 is 1.53 bits per heavy atom. The van der Waals surface area contributed by atoms with Crippen LogP contribution in [-0.4, -0.2) is 64.5 Å². The van der Waals surface area contributed by atoms with Gasteiger partial charge in [0.1, 0.15) is 0 Å². The van der Waals surface area contributed by atoms with E-state index >= 15 is 0 Å². The van der Waals surface area contributed by atoms with E-state index in [-0.39, 0.29) is 17.9 Å². The molecule has 0 radical (unpaired) electrons. The van der Waals surface area contributed by atoms with Crippen LogP contribution in [0.3, 0.4) is 0 Å². The fourth-order valence-electron chi connectivity index (χ4n) is 1.64. The molecular formula is C12H25NO4. The quantitative estimate of drug-likeness (QED) is 0.563. The van der Waals surface area contributed by atoms with E-state index < -0.39 is 0 Å². The van der Waals surface area contributed by atoms with Gasteiger partial charge in [0.25, 0.3) is 0 Å². The van der Waals surface area contributed by atoms with Crippen LogP contribution < -0.4 is 0 Å². The van der Waals surface area contributed by atoms with Gasteiger partial charge in [-0.25, -0.2) is 0 Å². The van der Waals surface area contributed by atoms with Gasteiger partial charge in [-0.05, 0) is 6.92 Å². The average molecular weight is 247 g/mol. The van der Waals surface area contributed by atoms with Crippen LogP contribution in [0.25, 0.3) is 0 Å². The number of hydrogen-bond donors (Lipinski definition) is 0. The van der Waals surface area contributed by atoms with E-state index in [0.29, 0.717) is 13.2 Å².